The summed E-state index contributed by atoms with van der Waals surface area (Å²) in [7, 11) is 4.41. The molecule has 0 saturated carbocycles. The van der Waals surface area contributed by atoms with Crippen molar-refractivity contribution in [1.29, 1.82) is 0 Å². The van der Waals surface area contributed by atoms with Gasteiger partial charge in [-0.1, -0.05) is 23.2 Å². The minimum absolute atomic E-state index is 0.334. The molecular weight excluding hydrogens is 951 g/mol. The Morgan fingerprint density at radius 2 is 1.25 bits per heavy atom. The summed E-state index contributed by atoms with van der Waals surface area (Å²) in [4.78, 5) is 40.4. The second-order valence-corrected chi connectivity index (χ2v) is 18.1. The van der Waals surface area contributed by atoms with E-state index in [1.54, 1.807) is 18.7 Å². The third-order valence-corrected chi connectivity index (χ3v) is 12.9. The van der Waals surface area contributed by atoms with Crippen LogP contribution < -0.4 is 10.2 Å². The van der Waals surface area contributed by atoms with E-state index in [1.165, 1.54) is 72.7 Å². The minimum atomic E-state index is -0.750. The van der Waals surface area contributed by atoms with Crippen LogP contribution in [0.3, 0.4) is 0 Å². The molecule has 10 heterocycles. The van der Waals surface area contributed by atoms with Gasteiger partial charge in [0.15, 0.2) is 0 Å². The molecule has 6 aromatic rings. The Morgan fingerprint density at radius 3 is 1.84 bits per heavy atom. The van der Waals surface area contributed by atoms with Crippen molar-refractivity contribution in [1.82, 2.24) is 55.0 Å². The Balaban J connectivity index is 0.000000161. The van der Waals surface area contributed by atoms with Crippen molar-refractivity contribution in [3.05, 3.63) is 98.0 Å². The van der Waals surface area contributed by atoms with Gasteiger partial charge in [-0.25, -0.2) is 29.9 Å². The number of likely N-dealkylation sites (N-methyl/N-ethyl adjacent to an activating group) is 2. The van der Waals surface area contributed by atoms with E-state index in [-0.39, 0.29) is 0 Å². The molecule has 0 aliphatic carbocycles. The fraction of sp³-hybridized carbons (Fsp3) is 0.476. The number of aromatic nitrogens is 8. The second kappa shape index (κ2) is 23.2. The smallest absolute Gasteiger partial charge is 0.335 e. The fourth-order valence-electron chi connectivity index (χ4n) is 9.00. The van der Waals surface area contributed by atoms with Crippen molar-refractivity contribution in [3.63, 3.8) is 0 Å². The van der Waals surface area contributed by atoms with E-state index in [9.17, 15) is 0 Å². The summed E-state index contributed by atoms with van der Waals surface area (Å²) in [6.45, 7) is 10.8. The first kappa shape index (κ1) is 48.4. The highest BCUT2D eigenvalue weighted by molar-refractivity contribution is 9.10. The lowest BCUT2D eigenvalue weighted by Crippen LogP contribution is -2.40. The maximum atomic E-state index is 8.29. The normalized spacial score (nSPS) is 20.8. The van der Waals surface area contributed by atoms with Crippen LogP contribution in [-0.4, -0.2) is 119 Å². The first-order valence-electron chi connectivity index (χ1n) is 20.7. The number of pyridine rings is 2. The first-order chi connectivity index (χ1) is 30.4. The maximum Gasteiger partial charge on any atom is 0.335 e. The van der Waals surface area contributed by atoms with Crippen LogP contribution in [0.5, 0.6) is 0 Å². The Morgan fingerprint density at radius 1 is 0.730 bits per heavy atom. The SMILES string of the molecule is C[C@@H]1Cc2ncnc(C3CCCN(C)C3)c2CN1.C[C@@H]1Cc2ncnc(C3CCCN(C)C3)c2CN1c1cc(Cl)nc2[nH]ccc12.Clc1cc(Br)c2cc[nH]c2n1.O=S=O.O=S=O. The molecule has 4 aliphatic rings. The Bertz CT molecular complexity index is 2540. The van der Waals surface area contributed by atoms with Gasteiger partial charge in [-0.3, -0.25) is 0 Å². The van der Waals surface area contributed by atoms with Crippen molar-refractivity contribution in [3.8, 4) is 0 Å². The third kappa shape index (κ3) is 12.4. The van der Waals surface area contributed by atoms with Crippen LogP contribution in [-0.2, 0) is 49.1 Å². The van der Waals surface area contributed by atoms with E-state index >= 15 is 0 Å². The van der Waals surface area contributed by atoms with Crippen LogP contribution in [0.15, 0.2) is 53.8 Å². The summed E-state index contributed by atoms with van der Waals surface area (Å²) in [5.74, 6) is 1.08. The maximum absolute atomic E-state index is 8.29. The number of piperidine rings is 2. The van der Waals surface area contributed by atoms with E-state index in [0.717, 1.165) is 71.2 Å². The molecule has 0 aromatic carbocycles. The zero-order valence-electron chi connectivity index (χ0n) is 35.5. The molecule has 0 spiro atoms. The van der Waals surface area contributed by atoms with Crippen LogP contribution in [0.1, 0.15) is 85.3 Å². The van der Waals surface area contributed by atoms with Gasteiger partial charge in [0.25, 0.3) is 0 Å². The summed E-state index contributed by atoms with van der Waals surface area (Å²) in [5.41, 5.74) is 10.4. The number of nitrogens with one attached hydrogen (secondary N) is 3. The molecule has 16 nitrogen and oxygen atoms in total. The van der Waals surface area contributed by atoms with E-state index in [0.29, 0.717) is 34.2 Å². The van der Waals surface area contributed by atoms with Crippen molar-refractivity contribution in [2.75, 3.05) is 45.2 Å². The third-order valence-electron chi connectivity index (χ3n) is 11.9. The molecule has 0 amide bonds. The quantitative estimate of drug-likeness (QED) is 0.158. The van der Waals surface area contributed by atoms with E-state index in [1.807, 2.05) is 24.5 Å². The van der Waals surface area contributed by atoms with E-state index < -0.39 is 23.1 Å². The number of aromatic amines is 2. The second-order valence-electron chi connectivity index (χ2n) is 16.2. The first-order valence-corrected chi connectivity index (χ1v) is 23.6. The Labute approximate surface area is 392 Å². The van der Waals surface area contributed by atoms with Crippen molar-refractivity contribution in [2.24, 2.45) is 0 Å². The molecule has 10 rings (SSSR count). The average molecular weight is 1000 g/mol. The summed E-state index contributed by atoms with van der Waals surface area (Å²) >= 11 is 13.9. The van der Waals surface area contributed by atoms with Gasteiger partial charge in [-0.05, 0) is 107 Å². The lowest BCUT2D eigenvalue weighted by molar-refractivity contribution is 0.247. The summed E-state index contributed by atoms with van der Waals surface area (Å²) in [5, 5.41) is 6.70. The topological polar surface area (TPSA) is 199 Å². The van der Waals surface area contributed by atoms with Crippen molar-refractivity contribution < 1.29 is 16.8 Å². The number of fused-ring (bicyclic) bond motifs is 4. The molecule has 2 saturated heterocycles. The van der Waals surface area contributed by atoms with Crippen LogP contribution >= 0.6 is 39.1 Å². The molecule has 2 fully saturated rings. The van der Waals surface area contributed by atoms with Crippen LogP contribution in [0, 0.1) is 0 Å². The van der Waals surface area contributed by atoms with Crippen LogP contribution in [0.4, 0.5) is 5.69 Å². The highest BCUT2D eigenvalue weighted by Gasteiger charge is 2.32. The van der Waals surface area contributed by atoms with Gasteiger partial charge in [-0.2, -0.15) is 16.8 Å². The van der Waals surface area contributed by atoms with Crippen molar-refractivity contribution >= 4 is 90.0 Å². The number of likely N-dealkylation sites (tertiary alicyclic amines) is 2. The highest BCUT2D eigenvalue weighted by Crippen LogP contribution is 2.37. The van der Waals surface area contributed by atoms with Crippen LogP contribution in [0.25, 0.3) is 22.1 Å². The van der Waals surface area contributed by atoms with E-state index in [2.05, 4.69) is 105 Å². The van der Waals surface area contributed by atoms with E-state index in [4.69, 9.17) is 45.0 Å². The Kier molecular flexibility index (Phi) is 17.8. The standard InChI is InChI=1S/C21H25ClN6.C14H22N4.C7H4BrClN2.2O2S/c1-13-8-17-16(20(25-12-24-17)14-4-3-7-27(2)10-14)11-28(13)18-9-19(22)26-21-15(18)5-6-23-21;1-10-6-13-12(7-15-10)14(17-9-16-13)11-4-3-5-18(2)8-11;8-5-3-6(9)11-7-4(5)1-2-10-7;2*1-3-2/h5-6,9,12-14H,3-4,7-8,10-11H2,1-2H3,(H,23,26);9-11,15H,3-8H2,1-2H3;1-3H,(H,10,11);;/t13-,14?;10-,11?;;;/m11.../s1. The monoisotopic (exact) mass is 1000 g/mol. The predicted octanol–water partition coefficient (Wildman–Crippen LogP) is 6.73. The summed E-state index contributed by atoms with van der Waals surface area (Å²) in [6.07, 6.45) is 14.2. The number of halogens is 3. The van der Waals surface area contributed by atoms with Gasteiger partial charge in [0.1, 0.15) is 34.3 Å². The predicted molar refractivity (Wildman–Crippen MR) is 250 cm³/mol. The molecule has 6 aromatic heterocycles. The number of hydrogen-bond acceptors (Lipinski definition) is 14. The molecule has 3 N–H and O–H groups in total. The minimum Gasteiger partial charge on any atom is -0.363 e. The lowest BCUT2D eigenvalue weighted by atomic mass is 9.88. The number of rotatable bonds is 3. The molecule has 4 atom stereocenters. The Hall–Kier alpha value is -4.08. The molecule has 0 radical (unpaired) electrons. The number of hydrogen-bond donors (Lipinski definition) is 3. The highest BCUT2D eigenvalue weighted by atomic mass is 79.9. The molecule has 21 heteroatoms. The van der Waals surface area contributed by atoms with Gasteiger partial charge in [-0.15, -0.1) is 0 Å². The molecule has 4 aliphatic heterocycles. The molecular formula is C42H51BrCl2N12O4S2. The van der Waals surface area contributed by atoms with Gasteiger partial charge in [0.2, 0.25) is 0 Å². The van der Waals surface area contributed by atoms with Gasteiger partial charge >= 0.3 is 23.1 Å². The van der Waals surface area contributed by atoms with Crippen molar-refractivity contribution in [2.45, 2.75) is 89.4 Å². The van der Waals surface area contributed by atoms with Gasteiger partial charge < -0.3 is 30.0 Å². The molecule has 2 unspecified atom stereocenters. The summed E-state index contributed by atoms with van der Waals surface area (Å²) < 4.78 is 34.1. The zero-order valence-corrected chi connectivity index (χ0v) is 40.3. The van der Waals surface area contributed by atoms with Crippen LogP contribution in [0.2, 0.25) is 10.3 Å². The lowest BCUT2D eigenvalue weighted by Gasteiger charge is -2.38. The largest absolute Gasteiger partial charge is 0.363 e. The summed E-state index contributed by atoms with van der Waals surface area (Å²) in [6, 6.07) is 8.65. The number of H-pyrrole nitrogens is 2. The van der Waals surface area contributed by atoms with Gasteiger partial charge in [0.05, 0.1) is 28.5 Å². The average Bonchev–Trinajstić information content (AvgIpc) is 3.94. The molecule has 0 bridgehead atoms. The zero-order chi connectivity index (χ0) is 45.0. The number of anilines is 1. The van der Waals surface area contributed by atoms with Gasteiger partial charge in [0, 0.05) is 102 Å². The molecule has 63 heavy (non-hydrogen) atoms. The molecule has 336 valence electrons. The number of nitrogens with zero attached hydrogens (tertiary/aromatic N) is 9. The fourth-order valence-corrected chi connectivity index (χ4v) is 10.0.